The van der Waals surface area contributed by atoms with E-state index in [2.05, 4.69) is 10.3 Å². The first kappa shape index (κ1) is 20.1. The lowest BCUT2D eigenvalue weighted by Gasteiger charge is -2.12. The SMILES string of the molecule is O=C(Cc1csc(N2CCCC2=O)n1)NCCOc1ccccc1-c1ccccc1. The maximum Gasteiger partial charge on any atom is 0.228 e. The Balaban J connectivity index is 1.25. The molecule has 154 valence electrons. The summed E-state index contributed by atoms with van der Waals surface area (Å²) in [6, 6.07) is 17.9. The van der Waals surface area contributed by atoms with E-state index in [1.807, 2.05) is 60.0 Å². The number of nitrogens with zero attached hydrogens (tertiary/aromatic N) is 2. The molecule has 1 aliphatic rings. The van der Waals surface area contributed by atoms with Gasteiger partial charge in [-0.25, -0.2) is 4.98 Å². The highest BCUT2D eigenvalue weighted by Crippen LogP contribution is 2.29. The van der Waals surface area contributed by atoms with Gasteiger partial charge < -0.3 is 10.1 Å². The number of benzene rings is 2. The molecule has 30 heavy (non-hydrogen) atoms. The van der Waals surface area contributed by atoms with Crippen LogP contribution in [0.5, 0.6) is 5.75 Å². The van der Waals surface area contributed by atoms with E-state index in [0.717, 1.165) is 23.3 Å². The number of amides is 2. The summed E-state index contributed by atoms with van der Waals surface area (Å²) < 4.78 is 5.90. The average molecular weight is 422 g/mol. The van der Waals surface area contributed by atoms with Gasteiger partial charge in [-0.1, -0.05) is 48.5 Å². The third-order valence-electron chi connectivity index (χ3n) is 4.84. The molecule has 0 aliphatic carbocycles. The van der Waals surface area contributed by atoms with Crippen LogP contribution in [0.2, 0.25) is 0 Å². The van der Waals surface area contributed by atoms with Crippen LogP contribution in [-0.2, 0) is 16.0 Å². The Kier molecular flexibility index (Phi) is 6.39. The molecule has 3 aromatic rings. The molecule has 0 bridgehead atoms. The first-order chi connectivity index (χ1) is 14.7. The quantitative estimate of drug-likeness (QED) is 0.564. The maximum absolute atomic E-state index is 12.2. The molecule has 1 saturated heterocycles. The fraction of sp³-hybridized carbons (Fsp3) is 0.261. The number of aromatic nitrogens is 1. The van der Waals surface area contributed by atoms with Crippen molar-refractivity contribution in [1.82, 2.24) is 10.3 Å². The lowest BCUT2D eigenvalue weighted by Crippen LogP contribution is -2.29. The maximum atomic E-state index is 12.2. The van der Waals surface area contributed by atoms with E-state index in [9.17, 15) is 9.59 Å². The molecule has 2 amide bonds. The van der Waals surface area contributed by atoms with Gasteiger partial charge in [0.1, 0.15) is 12.4 Å². The number of hydrogen-bond acceptors (Lipinski definition) is 5. The minimum absolute atomic E-state index is 0.105. The molecule has 0 saturated carbocycles. The molecule has 1 aromatic heterocycles. The Hall–Kier alpha value is -3.19. The van der Waals surface area contributed by atoms with Crippen LogP contribution in [0, 0.1) is 0 Å². The lowest BCUT2D eigenvalue weighted by molar-refractivity contribution is -0.120. The van der Waals surface area contributed by atoms with Crippen molar-refractivity contribution in [3.05, 3.63) is 65.7 Å². The molecule has 7 heteroatoms. The van der Waals surface area contributed by atoms with Crippen molar-refractivity contribution in [2.75, 3.05) is 24.6 Å². The molecule has 1 aliphatic heterocycles. The highest BCUT2D eigenvalue weighted by atomic mass is 32.1. The first-order valence-corrected chi connectivity index (χ1v) is 10.9. The van der Waals surface area contributed by atoms with Crippen LogP contribution in [0.3, 0.4) is 0 Å². The molecule has 2 aromatic carbocycles. The van der Waals surface area contributed by atoms with Crippen LogP contribution in [0.15, 0.2) is 60.0 Å². The van der Waals surface area contributed by atoms with Crippen LogP contribution in [-0.4, -0.2) is 36.5 Å². The highest BCUT2D eigenvalue weighted by molar-refractivity contribution is 7.14. The number of hydrogen-bond donors (Lipinski definition) is 1. The summed E-state index contributed by atoms with van der Waals surface area (Å²) >= 11 is 1.41. The topological polar surface area (TPSA) is 71.5 Å². The molecule has 1 N–H and O–H groups in total. The zero-order valence-electron chi connectivity index (χ0n) is 16.5. The predicted molar refractivity (Wildman–Crippen MR) is 118 cm³/mol. The van der Waals surface area contributed by atoms with Gasteiger partial charge >= 0.3 is 0 Å². The van der Waals surface area contributed by atoms with Crippen LogP contribution >= 0.6 is 11.3 Å². The zero-order chi connectivity index (χ0) is 20.8. The molecule has 0 unspecified atom stereocenters. The van der Waals surface area contributed by atoms with E-state index in [0.29, 0.717) is 36.9 Å². The van der Waals surface area contributed by atoms with Crippen LogP contribution in [0.25, 0.3) is 11.1 Å². The van der Waals surface area contributed by atoms with E-state index < -0.39 is 0 Å². The molecule has 6 nitrogen and oxygen atoms in total. The number of carbonyl (C=O) groups is 2. The second kappa shape index (κ2) is 9.54. The summed E-state index contributed by atoms with van der Waals surface area (Å²) in [5, 5.41) is 5.39. The molecule has 0 atom stereocenters. The monoisotopic (exact) mass is 421 g/mol. The summed E-state index contributed by atoms with van der Waals surface area (Å²) in [4.78, 5) is 30.2. The van der Waals surface area contributed by atoms with E-state index in [1.165, 1.54) is 11.3 Å². The van der Waals surface area contributed by atoms with Crippen LogP contribution in [0.4, 0.5) is 5.13 Å². The largest absolute Gasteiger partial charge is 0.491 e. The van der Waals surface area contributed by atoms with Crippen molar-refractivity contribution in [3.8, 4) is 16.9 Å². The van der Waals surface area contributed by atoms with Gasteiger partial charge in [0, 0.05) is 23.9 Å². The smallest absolute Gasteiger partial charge is 0.228 e. The second-order valence-electron chi connectivity index (χ2n) is 7.01. The summed E-state index contributed by atoms with van der Waals surface area (Å²) in [6.45, 7) is 1.49. The summed E-state index contributed by atoms with van der Waals surface area (Å²) in [5.41, 5.74) is 2.80. The molecule has 1 fully saturated rings. The van der Waals surface area contributed by atoms with Gasteiger partial charge in [-0.3, -0.25) is 14.5 Å². The van der Waals surface area contributed by atoms with E-state index >= 15 is 0 Å². The third-order valence-corrected chi connectivity index (χ3v) is 5.75. The number of carbonyl (C=O) groups excluding carboxylic acids is 2. The fourth-order valence-electron chi connectivity index (χ4n) is 3.38. The number of nitrogens with one attached hydrogen (secondary N) is 1. The van der Waals surface area contributed by atoms with Crippen LogP contribution < -0.4 is 15.0 Å². The Labute approximate surface area is 179 Å². The first-order valence-electron chi connectivity index (χ1n) is 9.99. The number of anilines is 1. The minimum Gasteiger partial charge on any atom is -0.491 e. The normalized spacial score (nSPS) is 13.5. The molecular weight excluding hydrogens is 398 g/mol. The molecular formula is C23H23N3O3S. The van der Waals surface area contributed by atoms with Crippen LogP contribution in [0.1, 0.15) is 18.5 Å². The summed E-state index contributed by atoms with van der Waals surface area (Å²) in [5.74, 6) is 0.783. The van der Waals surface area contributed by atoms with Gasteiger partial charge in [0.05, 0.1) is 18.7 Å². The zero-order valence-corrected chi connectivity index (χ0v) is 17.4. The summed E-state index contributed by atoms with van der Waals surface area (Å²) in [6.07, 6.45) is 1.63. The Morgan fingerprint density at radius 1 is 1.13 bits per heavy atom. The van der Waals surface area contributed by atoms with E-state index in [1.54, 1.807) is 4.90 Å². The summed E-state index contributed by atoms with van der Waals surface area (Å²) in [7, 11) is 0. The van der Waals surface area contributed by atoms with Gasteiger partial charge in [0.25, 0.3) is 0 Å². The van der Waals surface area contributed by atoms with Crippen molar-refractivity contribution in [2.24, 2.45) is 0 Å². The number of ether oxygens (including phenoxy) is 1. The Bertz CT molecular complexity index is 1020. The van der Waals surface area contributed by atoms with Gasteiger partial charge in [0.2, 0.25) is 11.8 Å². The second-order valence-corrected chi connectivity index (χ2v) is 7.84. The van der Waals surface area contributed by atoms with Crippen molar-refractivity contribution in [1.29, 1.82) is 0 Å². The number of rotatable bonds is 8. The van der Waals surface area contributed by atoms with Crippen molar-refractivity contribution in [2.45, 2.75) is 19.3 Å². The lowest BCUT2D eigenvalue weighted by atomic mass is 10.1. The average Bonchev–Trinajstić information content (AvgIpc) is 3.40. The number of thiazole rings is 1. The Morgan fingerprint density at radius 3 is 2.73 bits per heavy atom. The van der Waals surface area contributed by atoms with Gasteiger partial charge in [0.15, 0.2) is 5.13 Å². The standard InChI is InChI=1S/C23H23N3O3S/c27-21(15-18-16-30-23(25-18)26-13-6-11-22(26)28)24-12-14-29-20-10-5-4-9-19(20)17-7-2-1-3-8-17/h1-5,7-10,16H,6,11-15H2,(H,24,27). The molecule has 2 heterocycles. The van der Waals surface area contributed by atoms with Gasteiger partial charge in [-0.2, -0.15) is 0 Å². The Morgan fingerprint density at radius 2 is 1.93 bits per heavy atom. The molecule has 4 rings (SSSR count). The predicted octanol–water partition coefficient (Wildman–Crippen LogP) is 3.67. The van der Waals surface area contributed by atoms with Crippen molar-refractivity contribution < 1.29 is 14.3 Å². The van der Waals surface area contributed by atoms with E-state index in [4.69, 9.17) is 4.74 Å². The van der Waals surface area contributed by atoms with Crippen molar-refractivity contribution >= 4 is 28.3 Å². The van der Waals surface area contributed by atoms with Gasteiger partial charge in [-0.15, -0.1) is 11.3 Å². The minimum atomic E-state index is -0.112. The van der Waals surface area contributed by atoms with Crippen molar-refractivity contribution in [3.63, 3.8) is 0 Å². The number of para-hydroxylation sites is 1. The third kappa shape index (κ3) is 4.86. The fourth-order valence-corrected chi connectivity index (χ4v) is 4.25. The molecule has 0 radical (unpaired) electrons. The van der Waals surface area contributed by atoms with E-state index in [-0.39, 0.29) is 18.2 Å². The highest BCUT2D eigenvalue weighted by Gasteiger charge is 2.24. The van der Waals surface area contributed by atoms with Gasteiger partial charge in [-0.05, 0) is 18.1 Å². The molecule has 0 spiro atoms.